The molecule has 0 bridgehead atoms. The summed E-state index contributed by atoms with van der Waals surface area (Å²) in [6.45, 7) is 0. The molecule has 18 heavy (non-hydrogen) atoms. The van der Waals surface area contributed by atoms with E-state index < -0.39 is 4.92 Å². The van der Waals surface area contributed by atoms with Crippen LogP contribution in [0.4, 0.5) is 5.69 Å². The Morgan fingerprint density at radius 2 is 1.89 bits per heavy atom. The average molecular weight is 282 g/mol. The number of hydrogen-bond donors (Lipinski definition) is 1. The number of aromatic hydroxyl groups is 1. The summed E-state index contributed by atoms with van der Waals surface area (Å²) in [7, 11) is 0. The fraction of sp³-hybridized carbons (Fsp3) is 0. The van der Waals surface area contributed by atoms with Crippen molar-refractivity contribution >= 4 is 29.1 Å². The molecular formula is C12H8ClNO3S. The van der Waals surface area contributed by atoms with E-state index >= 15 is 0 Å². The van der Waals surface area contributed by atoms with Crippen LogP contribution < -0.4 is 0 Å². The highest BCUT2D eigenvalue weighted by Crippen LogP contribution is 2.39. The van der Waals surface area contributed by atoms with Crippen molar-refractivity contribution in [2.75, 3.05) is 0 Å². The molecule has 6 heteroatoms. The molecule has 1 N–H and O–H groups in total. The molecule has 0 heterocycles. The summed E-state index contributed by atoms with van der Waals surface area (Å²) < 4.78 is 0. The molecule has 0 saturated heterocycles. The Balaban J connectivity index is 2.42. The van der Waals surface area contributed by atoms with Crippen LogP contribution >= 0.6 is 23.4 Å². The molecule has 0 saturated carbocycles. The predicted molar refractivity (Wildman–Crippen MR) is 70.3 cm³/mol. The number of nitrogens with zero attached hydrogens (tertiary/aromatic N) is 1. The molecule has 2 aromatic carbocycles. The number of benzene rings is 2. The fourth-order valence-electron chi connectivity index (χ4n) is 1.38. The largest absolute Gasteiger partial charge is 0.507 e. The minimum Gasteiger partial charge on any atom is -0.507 e. The van der Waals surface area contributed by atoms with Crippen LogP contribution in [-0.4, -0.2) is 10.0 Å². The quantitative estimate of drug-likeness (QED) is 0.679. The molecule has 0 atom stereocenters. The van der Waals surface area contributed by atoms with Crippen LogP contribution in [0.3, 0.4) is 0 Å². The Hall–Kier alpha value is -1.72. The van der Waals surface area contributed by atoms with E-state index in [4.69, 9.17) is 11.6 Å². The highest BCUT2D eigenvalue weighted by molar-refractivity contribution is 7.99. The lowest BCUT2D eigenvalue weighted by Crippen LogP contribution is -1.90. The fourth-order valence-corrected chi connectivity index (χ4v) is 2.61. The van der Waals surface area contributed by atoms with Gasteiger partial charge < -0.3 is 5.11 Å². The lowest BCUT2D eigenvalue weighted by Gasteiger charge is -2.05. The van der Waals surface area contributed by atoms with Crippen molar-refractivity contribution in [3.8, 4) is 5.75 Å². The first-order chi connectivity index (χ1) is 8.58. The van der Waals surface area contributed by atoms with Crippen LogP contribution in [-0.2, 0) is 0 Å². The van der Waals surface area contributed by atoms with Gasteiger partial charge in [0.15, 0.2) is 0 Å². The molecular weight excluding hydrogens is 274 g/mol. The van der Waals surface area contributed by atoms with E-state index in [9.17, 15) is 15.2 Å². The van der Waals surface area contributed by atoms with E-state index in [2.05, 4.69) is 0 Å². The van der Waals surface area contributed by atoms with Gasteiger partial charge in [-0.1, -0.05) is 35.5 Å². The maximum absolute atomic E-state index is 10.9. The van der Waals surface area contributed by atoms with Crippen LogP contribution in [0, 0.1) is 10.1 Å². The van der Waals surface area contributed by atoms with E-state index in [1.54, 1.807) is 18.2 Å². The molecule has 92 valence electrons. The SMILES string of the molecule is O=[N+]([O-])c1ccc(Cl)cc1Sc1ccccc1O. The zero-order valence-electron chi connectivity index (χ0n) is 9.04. The number of phenols is 1. The summed E-state index contributed by atoms with van der Waals surface area (Å²) in [6.07, 6.45) is 0. The number of para-hydroxylation sites is 1. The standard InChI is InChI=1S/C12H8ClNO3S/c13-8-5-6-9(14(16)17)12(7-8)18-11-4-2-1-3-10(11)15/h1-7,15H. The molecule has 0 unspecified atom stereocenters. The summed E-state index contributed by atoms with van der Waals surface area (Å²) >= 11 is 6.94. The van der Waals surface area contributed by atoms with Crippen molar-refractivity contribution in [3.05, 3.63) is 57.6 Å². The number of halogens is 1. The van der Waals surface area contributed by atoms with Gasteiger partial charge in [0.05, 0.1) is 14.7 Å². The Bertz CT molecular complexity index is 604. The van der Waals surface area contributed by atoms with Gasteiger partial charge >= 0.3 is 0 Å². The number of nitro groups is 1. The van der Waals surface area contributed by atoms with Gasteiger partial charge in [0, 0.05) is 11.1 Å². The van der Waals surface area contributed by atoms with E-state index in [0.29, 0.717) is 14.8 Å². The number of nitro benzene ring substituents is 1. The zero-order chi connectivity index (χ0) is 13.1. The first kappa shape index (κ1) is 12.7. The molecule has 0 spiro atoms. The van der Waals surface area contributed by atoms with Crippen LogP contribution in [0.25, 0.3) is 0 Å². The van der Waals surface area contributed by atoms with Crippen molar-refractivity contribution in [3.63, 3.8) is 0 Å². The molecule has 0 amide bonds. The monoisotopic (exact) mass is 281 g/mol. The van der Waals surface area contributed by atoms with Gasteiger partial charge in [-0.2, -0.15) is 0 Å². The summed E-state index contributed by atoms with van der Waals surface area (Å²) in [5.41, 5.74) is -0.0346. The number of phenolic OH excluding ortho intramolecular Hbond substituents is 1. The summed E-state index contributed by atoms with van der Waals surface area (Å²) in [6, 6.07) is 11.0. The summed E-state index contributed by atoms with van der Waals surface area (Å²) in [5.74, 6) is 0.0803. The van der Waals surface area contributed by atoms with Gasteiger partial charge in [0.1, 0.15) is 5.75 Å². The van der Waals surface area contributed by atoms with Crippen LogP contribution in [0.5, 0.6) is 5.75 Å². The van der Waals surface area contributed by atoms with E-state index in [1.807, 2.05) is 0 Å². The van der Waals surface area contributed by atoms with Crippen molar-refractivity contribution in [2.24, 2.45) is 0 Å². The van der Waals surface area contributed by atoms with Crippen molar-refractivity contribution in [1.29, 1.82) is 0 Å². The molecule has 0 aliphatic heterocycles. The van der Waals surface area contributed by atoms with Crippen LogP contribution in [0.2, 0.25) is 5.02 Å². The number of hydrogen-bond acceptors (Lipinski definition) is 4. The molecule has 0 aliphatic carbocycles. The molecule has 2 aromatic rings. The average Bonchev–Trinajstić information content (AvgIpc) is 2.32. The normalized spacial score (nSPS) is 10.3. The highest BCUT2D eigenvalue weighted by atomic mass is 35.5. The molecule has 0 aliphatic rings. The minimum absolute atomic E-state index is 0.0346. The Morgan fingerprint density at radius 1 is 1.17 bits per heavy atom. The predicted octanol–water partition coefficient (Wildman–Crippen LogP) is 4.11. The molecule has 0 fully saturated rings. The van der Waals surface area contributed by atoms with Gasteiger partial charge in [-0.25, -0.2) is 0 Å². The van der Waals surface area contributed by atoms with Crippen molar-refractivity contribution < 1.29 is 10.0 Å². The van der Waals surface area contributed by atoms with Crippen molar-refractivity contribution in [2.45, 2.75) is 9.79 Å². The first-order valence-corrected chi connectivity index (χ1v) is 6.17. The third-order valence-electron chi connectivity index (χ3n) is 2.20. The maximum atomic E-state index is 10.9. The van der Waals surface area contributed by atoms with Gasteiger partial charge in [-0.3, -0.25) is 10.1 Å². The van der Waals surface area contributed by atoms with Gasteiger partial charge in [-0.15, -0.1) is 0 Å². The highest BCUT2D eigenvalue weighted by Gasteiger charge is 2.16. The summed E-state index contributed by atoms with van der Waals surface area (Å²) in [4.78, 5) is 11.4. The lowest BCUT2D eigenvalue weighted by molar-refractivity contribution is -0.387. The second kappa shape index (κ2) is 5.29. The van der Waals surface area contributed by atoms with Crippen LogP contribution in [0.15, 0.2) is 52.3 Å². The molecule has 2 rings (SSSR count). The topological polar surface area (TPSA) is 63.4 Å². The molecule has 4 nitrogen and oxygen atoms in total. The van der Waals surface area contributed by atoms with Gasteiger partial charge in [-0.05, 0) is 24.3 Å². The Morgan fingerprint density at radius 3 is 2.56 bits per heavy atom. The number of rotatable bonds is 3. The molecule has 0 aromatic heterocycles. The zero-order valence-corrected chi connectivity index (χ0v) is 10.6. The van der Waals surface area contributed by atoms with Crippen molar-refractivity contribution in [1.82, 2.24) is 0 Å². The first-order valence-electron chi connectivity index (χ1n) is 4.97. The molecule has 0 radical (unpaired) electrons. The second-order valence-electron chi connectivity index (χ2n) is 3.44. The third kappa shape index (κ3) is 2.75. The van der Waals surface area contributed by atoms with E-state index in [0.717, 1.165) is 11.8 Å². The van der Waals surface area contributed by atoms with Gasteiger partial charge in [0.25, 0.3) is 5.69 Å². The van der Waals surface area contributed by atoms with E-state index in [-0.39, 0.29) is 11.4 Å². The Kier molecular flexibility index (Phi) is 3.74. The lowest BCUT2D eigenvalue weighted by atomic mass is 10.3. The maximum Gasteiger partial charge on any atom is 0.283 e. The summed E-state index contributed by atoms with van der Waals surface area (Å²) in [5, 5.41) is 21.0. The minimum atomic E-state index is -0.474. The third-order valence-corrected chi connectivity index (χ3v) is 3.55. The Labute approximate surface area is 112 Å². The van der Waals surface area contributed by atoms with Gasteiger partial charge in [0.2, 0.25) is 0 Å². The van der Waals surface area contributed by atoms with E-state index in [1.165, 1.54) is 24.3 Å². The smallest absolute Gasteiger partial charge is 0.283 e. The van der Waals surface area contributed by atoms with Crippen LogP contribution in [0.1, 0.15) is 0 Å². The second-order valence-corrected chi connectivity index (χ2v) is 4.96.